The minimum atomic E-state index is 0.570. The molecule has 0 aromatic heterocycles. The number of hydrogen-bond donors (Lipinski definition) is 0. The fourth-order valence-electron chi connectivity index (χ4n) is 2.26. The molecule has 0 spiro atoms. The van der Waals surface area contributed by atoms with E-state index < -0.39 is 0 Å². The summed E-state index contributed by atoms with van der Waals surface area (Å²) < 4.78 is 5.54. The summed E-state index contributed by atoms with van der Waals surface area (Å²) in [6.07, 6.45) is 5.60. The molecule has 0 aromatic carbocycles. The van der Waals surface area contributed by atoms with Gasteiger partial charge in [-0.05, 0) is 45.7 Å². The van der Waals surface area contributed by atoms with E-state index in [1.165, 1.54) is 45.3 Å². The Kier molecular flexibility index (Phi) is 2.89. The van der Waals surface area contributed by atoms with Gasteiger partial charge in [-0.2, -0.15) is 0 Å². The van der Waals surface area contributed by atoms with Crippen LogP contribution in [0.25, 0.3) is 0 Å². The number of hydrogen-bond acceptors (Lipinski definition) is 2. The summed E-state index contributed by atoms with van der Waals surface area (Å²) in [5, 5.41) is 0. The molecule has 0 unspecified atom stereocenters. The van der Waals surface area contributed by atoms with Crippen LogP contribution in [-0.4, -0.2) is 37.7 Å². The third kappa shape index (κ3) is 2.44. The van der Waals surface area contributed by atoms with Crippen molar-refractivity contribution < 1.29 is 4.74 Å². The van der Waals surface area contributed by atoms with E-state index in [1.54, 1.807) is 0 Å². The molecule has 2 aliphatic rings. The number of likely N-dealkylation sites (tertiary alicyclic amines) is 1. The first-order valence-corrected chi connectivity index (χ1v) is 5.65. The lowest BCUT2D eigenvalue weighted by Gasteiger charge is -2.22. The molecule has 2 rings (SSSR count). The first-order chi connectivity index (χ1) is 6.35. The van der Waals surface area contributed by atoms with Crippen molar-refractivity contribution in [2.75, 3.05) is 32.8 Å². The molecule has 1 aliphatic carbocycles. The zero-order valence-corrected chi connectivity index (χ0v) is 8.72. The Balaban J connectivity index is 1.72. The average molecular weight is 183 g/mol. The fourth-order valence-corrected chi connectivity index (χ4v) is 2.26. The maximum absolute atomic E-state index is 5.54. The second-order valence-electron chi connectivity index (χ2n) is 4.62. The molecule has 2 fully saturated rings. The van der Waals surface area contributed by atoms with Gasteiger partial charge in [0.15, 0.2) is 0 Å². The highest BCUT2D eigenvalue weighted by Crippen LogP contribution is 2.46. The van der Waals surface area contributed by atoms with Gasteiger partial charge in [0.1, 0.15) is 0 Å². The summed E-state index contributed by atoms with van der Waals surface area (Å²) in [5.74, 6) is 0. The van der Waals surface area contributed by atoms with Crippen molar-refractivity contribution in [3.63, 3.8) is 0 Å². The van der Waals surface area contributed by atoms with E-state index in [4.69, 9.17) is 4.74 Å². The van der Waals surface area contributed by atoms with Crippen molar-refractivity contribution in [2.24, 2.45) is 5.41 Å². The van der Waals surface area contributed by atoms with Crippen LogP contribution in [0.5, 0.6) is 0 Å². The topological polar surface area (TPSA) is 12.5 Å². The minimum absolute atomic E-state index is 0.570. The zero-order chi connectivity index (χ0) is 9.15. The number of rotatable bonds is 5. The molecule has 0 aromatic rings. The van der Waals surface area contributed by atoms with Crippen LogP contribution in [0.2, 0.25) is 0 Å². The third-order valence-electron chi connectivity index (χ3n) is 3.33. The van der Waals surface area contributed by atoms with Crippen molar-refractivity contribution >= 4 is 0 Å². The Morgan fingerprint density at radius 2 is 1.92 bits per heavy atom. The maximum Gasteiger partial charge on any atom is 0.0534 e. The molecule has 13 heavy (non-hydrogen) atoms. The molecule has 0 N–H and O–H groups in total. The van der Waals surface area contributed by atoms with E-state index in [9.17, 15) is 0 Å². The standard InChI is InChI=1S/C11H21NO/c1-2-13-10-11(5-6-11)9-12-7-3-4-8-12/h2-10H2,1H3. The molecular formula is C11H21NO. The molecular weight excluding hydrogens is 162 g/mol. The second-order valence-corrected chi connectivity index (χ2v) is 4.62. The summed E-state index contributed by atoms with van der Waals surface area (Å²) >= 11 is 0. The second kappa shape index (κ2) is 3.97. The Hall–Kier alpha value is -0.0800. The zero-order valence-electron chi connectivity index (χ0n) is 8.72. The van der Waals surface area contributed by atoms with Gasteiger partial charge in [0.05, 0.1) is 6.61 Å². The first-order valence-electron chi connectivity index (χ1n) is 5.65. The van der Waals surface area contributed by atoms with Crippen molar-refractivity contribution in [2.45, 2.75) is 32.6 Å². The van der Waals surface area contributed by atoms with E-state index in [0.717, 1.165) is 13.2 Å². The van der Waals surface area contributed by atoms with E-state index in [0.29, 0.717) is 5.41 Å². The number of nitrogens with zero attached hydrogens (tertiary/aromatic N) is 1. The molecule has 0 bridgehead atoms. The highest BCUT2D eigenvalue weighted by molar-refractivity contribution is 4.96. The molecule has 1 aliphatic heterocycles. The van der Waals surface area contributed by atoms with Gasteiger partial charge in [-0.1, -0.05) is 0 Å². The third-order valence-corrected chi connectivity index (χ3v) is 3.33. The lowest BCUT2D eigenvalue weighted by molar-refractivity contribution is 0.0833. The average Bonchev–Trinajstić information content (AvgIpc) is 2.69. The van der Waals surface area contributed by atoms with Crippen molar-refractivity contribution in [1.29, 1.82) is 0 Å². The quantitative estimate of drug-likeness (QED) is 0.645. The summed E-state index contributed by atoms with van der Waals surface area (Å²) in [7, 11) is 0. The monoisotopic (exact) mass is 183 g/mol. The van der Waals surface area contributed by atoms with Gasteiger partial charge < -0.3 is 9.64 Å². The molecule has 1 saturated carbocycles. The highest BCUT2D eigenvalue weighted by Gasteiger charge is 2.44. The van der Waals surface area contributed by atoms with Crippen LogP contribution in [0.4, 0.5) is 0 Å². The minimum Gasteiger partial charge on any atom is -0.381 e. The van der Waals surface area contributed by atoms with E-state index >= 15 is 0 Å². The van der Waals surface area contributed by atoms with Crippen LogP contribution in [0.15, 0.2) is 0 Å². The predicted molar refractivity (Wildman–Crippen MR) is 53.8 cm³/mol. The molecule has 0 amide bonds. The van der Waals surface area contributed by atoms with Gasteiger partial charge >= 0.3 is 0 Å². The van der Waals surface area contributed by atoms with Gasteiger partial charge in [-0.25, -0.2) is 0 Å². The van der Waals surface area contributed by atoms with Gasteiger partial charge in [0.2, 0.25) is 0 Å². The van der Waals surface area contributed by atoms with E-state index in [1.807, 2.05) is 0 Å². The van der Waals surface area contributed by atoms with Crippen molar-refractivity contribution in [3.05, 3.63) is 0 Å². The van der Waals surface area contributed by atoms with Crippen LogP contribution >= 0.6 is 0 Å². The van der Waals surface area contributed by atoms with Crippen LogP contribution in [0, 0.1) is 5.41 Å². The molecule has 2 heteroatoms. The number of ether oxygens (including phenoxy) is 1. The summed E-state index contributed by atoms with van der Waals surface area (Å²) in [6, 6.07) is 0. The molecule has 0 radical (unpaired) electrons. The Morgan fingerprint density at radius 1 is 1.23 bits per heavy atom. The van der Waals surface area contributed by atoms with Crippen molar-refractivity contribution in [1.82, 2.24) is 4.90 Å². The van der Waals surface area contributed by atoms with Crippen LogP contribution in [0.3, 0.4) is 0 Å². The SMILES string of the molecule is CCOCC1(CN2CCCC2)CC1. The largest absolute Gasteiger partial charge is 0.381 e. The highest BCUT2D eigenvalue weighted by atomic mass is 16.5. The molecule has 2 nitrogen and oxygen atoms in total. The Labute approximate surface area is 81.3 Å². The Bertz CT molecular complexity index is 159. The van der Waals surface area contributed by atoms with E-state index in [-0.39, 0.29) is 0 Å². The molecule has 1 heterocycles. The van der Waals surface area contributed by atoms with Crippen molar-refractivity contribution in [3.8, 4) is 0 Å². The van der Waals surface area contributed by atoms with Gasteiger partial charge in [0, 0.05) is 18.6 Å². The summed E-state index contributed by atoms with van der Waals surface area (Å²) in [6.45, 7) is 7.92. The van der Waals surface area contributed by atoms with Crippen LogP contribution < -0.4 is 0 Å². The molecule has 76 valence electrons. The smallest absolute Gasteiger partial charge is 0.0534 e. The fraction of sp³-hybridized carbons (Fsp3) is 1.00. The molecule has 0 atom stereocenters. The molecule has 1 saturated heterocycles. The van der Waals surface area contributed by atoms with Crippen LogP contribution in [0.1, 0.15) is 32.6 Å². The van der Waals surface area contributed by atoms with Gasteiger partial charge in [-0.3, -0.25) is 0 Å². The van der Waals surface area contributed by atoms with Gasteiger partial charge in [0.25, 0.3) is 0 Å². The maximum atomic E-state index is 5.54. The van der Waals surface area contributed by atoms with Gasteiger partial charge in [-0.15, -0.1) is 0 Å². The predicted octanol–water partition coefficient (Wildman–Crippen LogP) is 1.90. The summed E-state index contributed by atoms with van der Waals surface area (Å²) in [5.41, 5.74) is 0.570. The summed E-state index contributed by atoms with van der Waals surface area (Å²) in [4.78, 5) is 2.62. The lowest BCUT2D eigenvalue weighted by Crippen LogP contribution is -2.30. The first kappa shape index (κ1) is 9.47. The normalized spacial score (nSPS) is 26.5. The van der Waals surface area contributed by atoms with Crippen LogP contribution in [-0.2, 0) is 4.74 Å². The Morgan fingerprint density at radius 3 is 2.46 bits per heavy atom. The lowest BCUT2D eigenvalue weighted by atomic mass is 10.1. The van der Waals surface area contributed by atoms with E-state index in [2.05, 4.69) is 11.8 Å².